The lowest BCUT2D eigenvalue weighted by atomic mass is 12.0. The molecule has 0 aromatic carbocycles. The van der Waals surface area contributed by atoms with Crippen molar-refractivity contribution in [3.05, 3.63) is 0 Å². The molecule has 0 aromatic heterocycles. The molecule has 0 fully saturated rings. The zero-order chi connectivity index (χ0) is 6.41. The minimum atomic E-state index is -8.00. The Kier molecular flexibility index (Phi) is 0.814. The minimum absolute atomic E-state index is 0.554. The molecule has 0 saturated carbocycles. The molecule has 6 heteroatoms. The van der Waals surface area contributed by atoms with Gasteiger partial charge in [0.2, 0.25) is 9.05 Å². The van der Waals surface area contributed by atoms with Gasteiger partial charge in [0, 0.05) is 10.7 Å². The third-order valence-corrected chi connectivity index (χ3v) is 0. The topological polar surface area (TPSA) is 0 Å². The van der Waals surface area contributed by atoms with Gasteiger partial charge in [0.05, 0.1) is 6.26 Å². The predicted molar refractivity (Wildman–Crippen MR) is 23.8 cm³/mol. The van der Waals surface area contributed by atoms with Crippen molar-refractivity contribution in [2.24, 2.45) is 0 Å². The van der Waals surface area contributed by atoms with E-state index in [1.807, 2.05) is 0 Å². The molecule has 0 aliphatic heterocycles. The van der Waals surface area contributed by atoms with E-state index in [4.69, 9.17) is 0 Å². The lowest BCUT2D eigenvalue weighted by Crippen LogP contribution is -1.97. The highest BCUT2D eigenvalue weighted by atomic mass is 35.7. The molecule has 0 aromatic rings. The molecule has 0 radical (unpaired) electrons. The molecule has 0 atom stereocenters. The minimum Gasteiger partial charge on any atom is -0.112 e. The Hall–Kier alpha value is 0.360. The van der Waals surface area contributed by atoms with Gasteiger partial charge in [0.25, 0.3) is 0 Å². The first-order valence-corrected chi connectivity index (χ1v) is 4.47. The molecule has 0 amide bonds. The maximum absolute atomic E-state index is 10.9. The number of hydrogen-bond donors (Lipinski definition) is 0. The van der Waals surface area contributed by atoms with Crippen LogP contribution in [0, 0.1) is 0 Å². The van der Waals surface area contributed by atoms with E-state index in [1.165, 1.54) is 0 Å². The Balaban J connectivity index is 4.43. The van der Waals surface area contributed by atoms with Crippen LogP contribution in [0.25, 0.3) is 0 Å². The molecule has 0 aliphatic rings. The molecule has 0 heterocycles. The van der Waals surface area contributed by atoms with Crippen molar-refractivity contribution in [2.45, 2.75) is 0 Å². The first-order valence-electron chi connectivity index (χ1n) is 1.18. The van der Waals surface area contributed by atoms with E-state index in [0.29, 0.717) is 0 Å². The van der Waals surface area contributed by atoms with Gasteiger partial charge in [0.1, 0.15) is 0 Å². The maximum Gasteiger partial charge on any atom is 0.227 e. The average Bonchev–Trinajstić information content (AvgIpc) is 0.592. The third kappa shape index (κ3) is 933. The Bertz CT molecular complexity index is 70.3. The summed E-state index contributed by atoms with van der Waals surface area (Å²) in [5.41, 5.74) is 0. The second kappa shape index (κ2) is 0.774. The van der Waals surface area contributed by atoms with E-state index in [0.717, 1.165) is 0 Å². The molecule has 0 bridgehead atoms. The second-order valence-electron chi connectivity index (χ2n) is 1.35. The summed E-state index contributed by atoms with van der Waals surface area (Å²) in [6.45, 7) is 0. The summed E-state index contributed by atoms with van der Waals surface area (Å²) in [5, 5.41) is 0. The Morgan fingerprint density at radius 3 is 1.14 bits per heavy atom. The molecule has 0 rings (SSSR count). The van der Waals surface area contributed by atoms with E-state index in [-0.39, 0.29) is 0 Å². The second-order valence-corrected chi connectivity index (χ2v) is 6.39. The Morgan fingerprint density at radius 1 is 1.14 bits per heavy atom. The molecule has 0 unspecified atom stereocenters. The van der Waals surface area contributed by atoms with Crippen LogP contribution in [0.1, 0.15) is 0 Å². The standard InChI is InChI=1S/CH3ClF4S/c1-7(2,3,4,5)6/h1H3. The van der Waals surface area contributed by atoms with E-state index in [1.54, 1.807) is 0 Å². The third-order valence-electron chi connectivity index (χ3n) is 0. The average molecular weight is 159 g/mol. The molecule has 0 N–H and O–H groups in total. The molecule has 0 spiro atoms. The van der Waals surface area contributed by atoms with Crippen molar-refractivity contribution < 1.29 is 15.5 Å². The summed E-state index contributed by atoms with van der Waals surface area (Å²) in [4.78, 5) is 0. The van der Waals surface area contributed by atoms with Gasteiger partial charge in [-0.2, -0.15) is 0 Å². The zero-order valence-electron chi connectivity index (χ0n) is 3.30. The SMILES string of the molecule is CS(F)(F)(F)(F)Cl. The molecule has 7 heavy (non-hydrogen) atoms. The lowest BCUT2D eigenvalue weighted by molar-refractivity contribution is 0.493. The largest absolute Gasteiger partial charge is 0.227 e. The predicted octanol–water partition coefficient (Wildman–Crippen LogP) is 3.18. The Morgan fingerprint density at radius 2 is 1.14 bits per heavy atom. The molecule has 0 saturated heterocycles. The molecule has 0 nitrogen and oxygen atoms in total. The summed E-state index contributed by atoms with van der Waals surface area (Å²) in [6.07, 6.45) is -0.554. The van der Waals surface area contributed by atoms with Crippen molar-refractivity contribution in [1.29, 1.82) is 0 Å². The molecule has 48 valence electrons. The lowest BCUT2D eigenvalue weighted by Gasteiger charge is -2.37. The fourth-order valence-electron chi connectivity index (χ4n) is 0. The number of hydrogen-bond acceptors (Lipinski definition) is 0. The molecular weight excluding hydrogens is 156 g/mol. The van der Waals surface area contributed by atoms with Crippen LogP contribution in [0.4, 0.5) is 15.5 Å². The smallest absolute Gasteiger partial charge is 0.112 e. The van der Waals surface area contributed by atoms with Crippen molar-refractivity contribution in [1.82, 2.24) is 0 Å². The van der Waals surface area contributed by atoms with Crippen LogP contribution < -0.4 is 0 Å². The molecular formula is CH3ClF4S. The number of rotatable bonds is 0. The summed E-state index contributed by atoms with van der Waals surface area (Å²) in [6, 6.07) is 0. The van der Waals surface area contributed by atoms with Crippen LogP contribution >= 0.6 is 19.7 Å². The highest BCUT2D eigenvalue weighted by Gasteiger charge is 2.54. The van der Waals surface area contributed by atoms with Crippen LogP contribution in [0.5, 0.6) is 0 Å². The Labute approximate surface area is 42.4 Å². The first-order chi connectivity index (χ1) is 2.45. The van der Waals surface area contributed by atoms with Gasteiger partial charge in [-0.1, -0.05) is 0 Å². The number of halogens is 5. The van der Waals surface area contributed by atoms with Crippen LogP contribution in [0.2, 0.25) is 0 Å². The van der Waals surface area contributed by atoms with Gasteiger partial charge in [0.15, 0.2) is 0 Å². The van der Waals surface area contributed by atoms with Gasteiger partial charge in [-0.3, -0.25) is 0 Å². The maximum atomic E-state index is 10.9. The fraction of sp³-hybridized carbons (Fsp3) is 1.00. The van der Waals surface area contributed by atoms with Gasteiger partial charge in [-0.25, -0.2) is 0 Å². The summed E-state index contributed by atoms with van der Waals surface area (Å²) in [7, 11) is -4.51. The monoisotopic (exact) mass is 158 g/mol. The highest BCUT2D eigenvalue weighted by Crippen LogP contribution is 2.97. The van der Waals surface area contributed by atoms with E-state index < -0.39 is 15.3 Å². The van der Waals surface area contributed by atoms with Gasteiger partial charge < -0.3 is 0 Å². The van der Waals surface area contributed by atoms with Crippen LogP contribution in [-0.4, -0.2) is 6.26 Å². The first kappa shape index (κ1) is 7.36. The zero-order valence-corrected chi connectivity index (χ0v) is 4.87. The van der Waals surface area contributed by atoms with Crippen molar-refractivity contribution >= 4 is 19.7 Å². The van der Waals surface area contributed by atoms with Crippen LogP contribution in [-0.2, 0) is 0 Å². The van der Waals surface area contributed by atoms with Gasteiger partial charge in [-0.15, -0.1) is 15.5 Å². The van der Waals surface area contributed by atoms with E-state index in [2.05, 4.69) is 10.7 Å². The summed E-state index contributed by atoms with van der Waals surface area (Å²) >= 11 is 0. The van der Waals surface area contributed by atoms with E-state index in [9.17, 15) is 15.5 Å². The van der Waals surface area contributed by atoms with Crippen molar-refractivity contribution in [2.75, 3.05) is 6.26 Å². The quantitative estimate of drug-likeness (QED) is 0.475. The van der Waals surface area contributed by atoms with Crippen molar-refractivity contribution in [3.8, 4) is 0 Å². The fourth-order valence-corrected chi connectivity index (χ4v) is 0. The van der Waals surface area contributed by atoms with Gasteiger partial charge >= 0.3 is 0 Å². The van der Waals surface area contributed by atoms with Crippen molar-refractivity contribution in [3.63, 3.8) is 0 Å². The summed E-state index contributed by atoms with van der Waals surface area (Å²) in [5.74, 6) is 0. The van der Waals surface area contributed by atoms with Crippen LogP contribution in [0.3, 0.4) is 0 Å². The summed E-state index contributed by atoms with van der Waals surface area (Å²) < 4.78 is 43.8. The molecule has 0 aliphatic carbocycles. The van der Waals surface area contributed by atoms with Crippen LogP contribution in [0.15, 0.2) is 0 Å². The van der Waals surface area contributed by atoms with Gasteiger partial charge in [-0.05, 0) is 0 Å². The van der Waals surface area contributed by atoms with E-state index >= 15 is 0 Å². The highest BCUT2D eigenvalue weighted by molar-refractivity contribution is 8.65. The normalized spacial score (nSPS) is 23.1.